The SMILES string of the molecule is COCc1nc(NN)cc(NCCc2nc(C)no2)n1. The Morgan fingerprint density at radius 2 is 2.10 bits per heavy atom. The number of nitrogens with zero attached hydrogens (tertiary/aromatic N) is 4. The summed E-state index contributed by atoms with van der Waals surface area (Å²) in [5, 5.41) is 6.87. The molecule has 0 atom stereocenters. The molecule has 0 spiro atoms. The van der Waals surface area contributed by atoms with E-state index >= 15 is 0 Å². The maximum absolute atomic E-state index is 5.36. The number of aromatic nitrogens is 4. The summed E-state index contributed by atoms with van der Waals surface area (Å²) in [5.41, 5.74) is 2.49. The van der Waals surface area contributed by atoms with Gasteiger partial charge in [0.1, 0.15) is 18.2 Å². The summed E-state index contributed by atoms with van der Waals surface area (Å²) in [6.45, 7) is 2.70. The van der Waals surface area contributed by atoms with Gasteiger partial charge in [0, 0.05) is 26.1 Å². The quantitative estimate of drug-likeness (QED) is 0.483. The molecule has 9 nitrogen and oxygen atoms in total. The lowest BCUT2D eigenvalue weighted by molar-refractivity contribution is 0.178. The Hall–Kier alpha value is -2.26. The lowest BCUT2D eigenvalue weighted by Gasteiger charge is -2.08. The Balaban J connectivity index is 1.95. The minimum Gasteiger partial charge on any atom is -0.377 e. The third-order valence-electron chi connectivity index (χ3n) is 2.41. The topological polar surface area (TPSA) is 124 Å². The van der Waals surface area contributed by atoms with Crippen LogP contribution >= 0.6 is 0 Å². The Morgan fingerprint density at radius 3 is 2.75 bits per heavy atom. The molecule has 2 aromatic heterocycles. The maximum atomic E-state index is 5.36. The molecule has 0 amide bonds. The van der Waals surface area contributed by atoms with Gasteiger partial charge in [-0.15, -0.1) is 0 Å². The summed E-state index contributed by atoms with van der Waals surface area (Å²) < 4.78 is 10.0. The van der Waals surface area contributed by atoms with E-state index in [0.29, 0.717) is 48.7 Å². The van der Waals surface area contributed by atoms with E-state index in [1.54, 1.807) is 20.1 Å². The second-order valence-electron chi connectivity index (χ2n) is 4.04. The Bertz CT molecular complexity index is 557. The van der Waals surface area contributed by atoms with Gasteiger partial charge in [0.15, 0.2) is 11.6 Å². The molecule has 0 saturated heterocycles. The van der Waals surface area contributed by atoms with Crippen molar-refractivity contribution in [2.24, 2.45) is 5.84 Å². The fraction of sp³-hybridized carbons (Fsp3) is 0.455. The van der Waals surface area contributed by atoms with Crippen LogP contribution in [0, 0.1) is 6.92 Å². The van der Waals surface area contributed by atoms with E-state index in [-0.39, 0.29) is 0 Å². The molecule has 0 bridgehead atoms. The van der Waals surface area contributed by atoms with Crippen molar-refractivity contribution in [2.75, 3.05) is 24.4 Å². The van der Waals surface area contributed by atoms with Gasteiger partial charge in [-0.1, -0.05) is 5.16 Å². The molecule has 0 radical (unpaired) electrons. The second kappa shape index (κ2) is 6.78. The molecule has 0 saturated carbocycles. The van der Waals surface area contributed by atoms with Crippen LogP contribution in [0.2, 0.25) is 0 Å². The highest BCUT2D eigenvalue weighted by Gasteiger charge is 2.05. The van der Waals surface area contributed by atoms with Gasteiger partial charge in [0.05, 0.1) is 0 Å². The van der Waals surface area contributed by atoms with Gasteiger partial charge in [-0.3, -0.25) is 0 Å². The van der Waals surface area contributed by atoms with E-state index in [4.69, 9.17) is 15.1 Å². The first-order valence-electron chi connectivity index (χ1n) is 6.08. The monoisotopic (exact) mass is 279 g/mol. The summed E-state index contributed by atoms with van der Waals surface area (Å²) >= 11 is 0. The van der Waals surface area contributed by atoms with Crippen LogP contribution in [-0.4, -0.2) is 33.8 Å². The molecule has 9 heteroatoms. The van der Waals surface area contributed by atoms with Crippen molar-refractivity contribution >= 4 is 11.6 Å². The number of ether oxygens (including phenoxy) is 1. The number of methoxy groups -OCH3 is 1. The molecule has 0 aliphatic rings. The molecule has 2 heterocycles. The standard InChI is InChI=1S/C11H17N7O2/c1-7-14-11(20-18-7)3-4-13-8-5-9(17-12)16-10(15-8)6-19-2/h5H,3-4,6,12H2,1-2H3,(H2,13,15,16,17). The summed E-state index contributed by atoms with van der Waals surface area (Å²) in [7, 11) is 1.58. The van der Waals surface area contributed by atoms with Crippen molar-refractivity contribution in [2.45, 2.75) is 20.0 Å². The third-order valence-corrected chi connectivity index (χ3v) is 2.41. The number of hydrazine groups is 1. The van der Waals surface area contributed by atoms with Crippen LogP contribution in [-0.2, 0) is 17.8 Å². The van der Waals surface area contributed by atoms with E-state index in [2.05, 4.69) is 30.9 Å². The van der Waals surface area contributed by atoms with E-state index in [9.17, 15) is 0 Å². The Kier molecular flexibility index (Phi) is 4.80. The van der Waals surface area contributed by atoms with Gasteiger partial charge in [0.2, 0.25) is 5.89 Å². The van der Waals surface area contributed by atoms with Gasteiger partial charge in [0.25, 0.3) is 0 Å². The number of rotatable bonds is 7. The lowest BCUT2D eigenvalue weighted by atomic mass is 10.4. The van der Waals surface area contributed by atoms with Crippen LogP contribution in [0.15, 0.2) is 10.6 Å². The third kappa shape index (κ3) is 3.87. The number of nitrogens with one attached hydrogen (secondary N) is 2. The number of anilines is 2. The second-order valence-corrected chi connectivity index (χ2v) is 4.04. The molecular formula is C11H17N7O2. The minimum atomic E-state index is 0.313. The number of hydrogen-bond acceptors (Lipinski definition) is 9. The van der Waals surface area contributed by atoms with E-state index in [1.807, 2.05) is 0 Å². The summed E-state index contributed by atoms with van der Waals surface area (Å²) in [4.78, 5) is 12.6. The van der Waals surface area contributed by atoms with Crippen molar-refractivity contribution < 1.29 is 9.26 Å². The molecule has 2 aromatic rings. The zero-order valence-electron chi connectivity index (χ0n) is 11.4. The van der Waals surface area contributed by atoms with Crippen LogP contribution < -0.4 is 16.6 Å². The summed E-state index contributed by atoms with van der Waals surface area (Å²) in [5.74, 6) is 8.28. The Morgan fingerprint density at radius 1 is 1.30 bits per heavy atom. The van der Waals surface area contributed by atoms with Crippen LogP contribution in [0.3, 0.4) is 0 Å². The van der Waals surface area contributed by atoms with Crippen molar-refractivity contribution in [1.82, 2.24) is 20.1 Å². The highest BCUT2D eigenvalue weighted by Crippen LogP contribution is 2.11. The molecule has 0 fully saturated rings. The molecule has 108 valence electrons. The van der Waals surface area contributed by atoms with Crippen LogP contribution in [0.1, 0.15) is 17.5 Å². The number of nitrogens with two attached hydrogens (primary N) is 1. The molecule has 2 rings (SSSR count). The summed E-state index contributed by atoms with van der Waals surface area (Å²) in [6.07, 6.45) is 0.607. The predicted molar refractivity (Wildman–Crippen MR) is 71.8 cm³/mol. The predicted octanol–water partition coefficient (Wildman–Crippen LogP) is 0.255. The van der Waals surface area contributed by atoms with Gasteiger partial charge < -0.3 is 20.0 Å². The minimum absolute atomic E-state index is 0.313. The molecule has 0 aliphatic carbocycles. The fourth-order valence-corrected chi connectivity index (χ4v) is 1.59. The first-order valence-corrected chi connectivity index (χ1v) is 6.08. The van der Waals surface area contributed by atoms with Crippen LogP contribution in [0.4, 0.5) is 11.6 Å². The van der Waals surface area contributed by atoms with Crippen LogP contribution in [0.5, 0.6) is 0 Å². The number of hydrogen-bond donors (Lipinski definition) is 3. The van der Waals surface area contributed by atoms with E-state index in [1.165, 1.54) is 0 Å². The van der Waals surface area contributed by atoms with Crippen molar-refractivity contribution in [3.63, 3.8) is 0 Å². The molecule has 0 aliphatic heterocycles. The van der Waals surface area contributed by atoms with Crippen molar-refractivity contribution in [1.29, 1.82) is 0 Å². The molecule has 0 unspecified atom stereocenters. The average Bonchev–Trinajstić information content (AvgIpc) is 2.84. The fourth-order valence-electron chi connectivity index (χ4n) is 1.59. The smallest absolute Gasteiger partial charge is 0.228 e. The summed E-state index contributed by atoms with van der Waals surface area (Å²) in [6, 6.07) is 1.71. The van der Waals surface area contributed by atoms with Gasteiger partial charge in [-0.25, -0.2) is 15.8 Å². The zero-order valence-corrected chi connectivity index (χ0v) is 11.4. The van der Waals surface area contributed by atoms with Gasteiger partial charge >= 0.3 is 0 Å². The molecular weight excluding hydrogens is 262 g/mol. The molecule has 20 heavy (non-hydrogen) atoms. The van der Waals surface area contributed by atoms with Crippen LogP contribution in [0.25, 0.3) is 0 Å². The lowest BCUT2D eigenvalue weighted by Crippen LogP contribution is -2.13. The molecule has 4 N–H and O–H groups in total. The molecule has 0 aromatic carbocycles. The first-order chi connectivity index (χ1) is 9.71. The number of aryl methyl sites for hydroxylation is 1. The average molecular weight is 279 g/mol. The first kappa shape index (κ1) is 14.2. The van der Waals surface area contributed by atoms with Gasteiger partial charge in [-0.2, -0.15) is 4.98 Å². The van der Waals surface area contributed by atoms with E-state index in [0.717, 1.165) is 0 Å². The largest absolute Gasteiger partial charge is 0.377 e. The number of nitrogen functional groups attached to an aromatic ring is 1. The highest BCUT2D eigenvalue weighted by molar-refractivity contribution is 5.46. The highest BCUT2D eigenvalue weighted by atomic mass is 16.5. The van der Waals surface area contributed by atoms with E-state index < -0.39 is 0 Å². The maximum Gasteiger partial charge on any atom is 0.228 e. The van der Waals surface area contributed by atoms with Gasteiger partial charge in [-0.05, 0) is 6.92 Å². The normalized spacial score (nSPS) is 10.6. The Labute approximate surface area is 115 Å². The zero-order chi connectivity index (χ0) is 14.4. The van der Waals surface area contributed by atoms with Crippen molar-refractivity contribution in [3.05, 3.63) is 23.6 Å². The van der Waals surface area contributed by atoms with Crippen molar-refractivity contribution in [3.8, 4) is 0 Å².